The largest absolute Gasteiger partial charge is 0.481 e. The first kappa shape index (κ1) is 30.0. The second-order valence-electron chi connectivity index (χ2n) is 9.33. The Bertz CT molecular complexity index is 1090. The number of imidazole rings is 1. The fraction of sp³-hybridized carbons (Fsp3) is 0.440. The summed E-state index contributed by atoms with van der Waals surface area (Å²) in [6.45, 7) is 3.67. The maximum Gasteiger partial charge on any atom is 0.326 e. The number of hydrogen-bond acceptors (Lipinski definition) is 7. The molecule has 0 saturated heterocycles. The lowest BCUT2D eigenvalue weighted by Crippen LogP contribution is -2.58. The summed E-state index contributed by atoms with van der Waals surface area (Å²) in [6.07, 6.45) is 2.40. The molecule has 0 aliphatic rings. The number of carboxylic acid groups (broad SMARTS) is 2. The Morgan fingerprint density at radius 1 is 0.895 bits per heavy atom. The molecule has 0 spiro atoms. The van der Waals surface area contributed by atoms with Crippen molar-refractivity contribution < 1.29 is 34.2 Å². The lowest BCUT2D eigenvalue weighted by Gasteiger charge is -2.26. The number of nitrogens with zero attached hydrogens (tertiary/aromatic N) is 1. The van der Waals surface area contributed by atoms with Crippen molar-refractivity contribution in [2.24, 2.45) is 11.7 Å². The zero-order chi connectivity index (χ0) is 28.2. The molecule has 4 atom stereocenters. The number of H-pyrrole nitrogens is 1. The minimum atomic E-state index is -1.38. The van der Waals surface area contributed by atoms with Crippen LogP contribution in [-0.2, 0) is 36.8 Å². The third kappa shape index (κ3) is 10.0. The predicted octanol–water partition coefficient (Wildman–Crippen LogP) is -0.418. The van der Waals surface area contributed by atoms with Crippen molar-refractivity contribution in [1.82, 2.24) is 25.9 Å². The summed E-state index contributed by atoms with van der Waals surface area (Å²) in [5, 5.41) is 26.1. The number of amides is 3. The van der Waals surface area contributed by atoms with Gasteiger partial charge in [-0.15, -0.1) is 0 Å². The average Bonchev–Trinajstić information content (AvgIpc) is 3.35. The van der Waals surface area contributed by atoms with E-state index in [9.17, 15) is 29.1 Å². The van der Waals surface area contributed by atoms with E-state index in [1.54, 1.807) is 30.3 Å². The maximum absolute atomic E-state index is 13.3. The van der Waals surface area contributed by atoms with E-state index in [2.05, 4.69) is 25.9 Å². The van der Waals surface area contributed by atoms with Crippen LogP contribution < -0.4 is 21.7 Å². The molecule has 1 heterocycles. The molecule has 0 radical (unpaired) electrons. The highest BCUT2D eigenvalue weighted by Gasteiger charge is 2.31. The number of nitrogens with two attached hydrogens (primary N) is 1. The van der Waals surface area contributed by atoms with Gasteiger partial charge in [0.15, 0.2) is 0 Å². The molecule has 1 aromatic carbocycles. The minimum Gasteiger partial charge on any atom is -0.481 e. The molecule has 3 amide bonds. The van der Waals surface area contributed by atoms with Gasteiger partial charge in [0.25, 0.3) is 0 Å². The standard InChI is InChI=1S/C25H34N6O7/c1-14(2)8-18(23(35)31-20(25(37)38)10-16-12-27-13-28-16)30-24(36)19(9-15-6-4-3-5-7-15)29-22(34)17(26)11-21(32)33/h3-7,12-14,17-20H,8-11,26H2,1-2H3,(H,27,28)(H,29,34)(H,30,36)(H,31,35)(H,32,33)(H,37,38). The Morgan fingerprint density at radius 3 is 2.05 bits per heavy atom. The summed E-state index contributed by atoms with van der Waals surface area (Å²) in [6, 6.07) is 3.85. The van der Waals surface area contributed by atoms with Crippen molar-refractivity contribution in [3.05, 3.63) is 54.1 Å². The smallest absolute Gasteiger partial charge is 0.326 e. The molecule has 38 heavy (non-hydrogen) atoms. The molecule has 0 saturated carbocycles. The van der Waals surface area contributed by atoms with Gasteiger partial charge in [-0.25, -0.2) is 9.78 Å². The van der Waals surface area contributed by atoms with Gasteiger partial charge in [0.2, 0.25) is 17.7 Å². The quantitative estimate of drug-likeness (QED) is 0.159. The van der Waals surface area contributed by atoms with Gasteiger partial charge in [-0.05, 0) is 17.9 Å². The molecule has 1 aromatic heterocycles. The molecular weight excluding hydrogens is 496 g/mol. The van der Waals surface area contributed by atoms with Crippen LogP contribution in [0.2, 0.25) is 0 Å². The van der Waals surface area contributed by atoms with Crippen LogP contribution >= 0.6 is 0 Å². The minimum absolute atomic E-state index is 0.0441. The van der Waals surface area contributed by atoms with Crippen LogP contribution in [0.15, 0.2) is 42.9 Å². The second kappa shape index (κ2) is 14.5. The van der Waals surface area contributed by atoms with Gasteiger partial charge >= 0.3 is 11.9 Å². The molecule has 2 rings (SSSR count). The Labute approximate surface area is 219 Å². The molecule has 206 valence electrons. The summed E-state index contributed by atoms with van der Waals surface area (Å²) < 4.78 is 0. The van der Waals surface area contributed by atoms with Crippen LogP contribution in [0.1, 0.15) is 37.9 Å². The average molecular weight is 531 g/mol. The highest BCUT2D eigenvalue weighted by atomic mass is 16.4. The number of benzene rings is 1. The molecule has 0 aliphatic carbocycles. The van der Waals surface area contributed by atoms with Crippen LogP contribution in [0.25, 0.3) is 0 Å². The van der Waals surface area contributed by atoms with Crippen LogP contribution in [0.5, 0.6) is 0 Å². The van der Waals surface area contributed by atoms with Crippen molar-refractivity contribution in [2.75, 3.05) is 0 Å². The molecular formula is C25H34N6O7. The van der Waals surface area contributed by atoms with E-state index in [0.717, 1.165) is 0 Å². The summed E-state index contributed by atoms with van der Waals surface area (Å²) in [5.41, 5.74) is 6.87. The molecule has 0 fully saturated rings. The van der Waals surface area contributed by atoms with Gasteiger partial charge in [-0.1, -0.05) is 44.2 Å². The Kier molecular flexibility index (Phi) is 11.4. The number of aromatic amines is 1. The van der Waals surface area contributed by atoms with Crippen molar-refractivity contribution >= 4 is 29.7 Å². The van der Waals surface area contributed by atoms with Crippen LogP contribution in [0.3, 0.4) is 0 Å². The Balaban J connectivity index is 2.20. The highest BCUT2D eigenvalue weighted by molar-refractivity contribution is 5.94. The fourth-order valence-corrected chi connectivity index (χ4v) is 3.68. The van der Waals surface area contributed by atoms with E-state index in [4.69, 9.17) is 10.8 Å². The molecule has 13 heteroatoms. The summed E-state index contributed by atoms with van der Waals surface area (Å²) in [5.74, 6) is -4.82. The summed E-state index contributed by atoms with van der Waals surface area (Å²) >= 11 is 0. The number of hydrogen-bond donors (Lipinski definition) is 7. The number of aromatic nitrogens is 2. The third-order valence-electron chi connectivity index (χ3n) is 5.58. The molecule has 0 aliphatic heterocycles. The van der Waals surface area contributed by atoms with Crippen molar-refractivity contribution in [2.45, 2.75) is 63.7 Å². The van der Waals surface area contributed by atoms with Gasteiger partial charge in [0.05, 0.1) is 18.8 Å². The summed E-state index contributed by atoms with van der Waals surface area (Å²) in [4.78, 5) is 68.3. The Hall–Kier alpha value is -4.26. The maximum atomic E-state index is 13.3. The zero-order valence-electron chi connectivity index (χ0n) is 21.2. The number of aliphatic carboxylic acids is 2. The molecule has 0 bridgehead atoms. The van der Waals surface area contributed by atoms with Gasteiger partial charge in [0, 0.05) is 24.7 Å². The first-order valence-electron chi connectivity index (χ1n) is 12.1. The second-order valence-corrected chi connectivity index (χ2v) is 9.33. The van der Waals surface area contributed by atoms with Crippen molar-refractivity contribution in [1.29, 1.82) is 0 Å². The van der Waals surface area contributed by atoms with E-state index >= 15 is 0 Å². The summed E-state index contributed by atoms with van der Waals surface area (Å²) in [7, 11) is 0. The van der Waals surface area contributed by atoms with Gasteiger partial charge < -0.3 is 36.9 Å². The number of carbonyl (C=O) groups is 5. The SMILES string of the molecule is CC(C)CC(NC(=O)C(Cc1ccccc1)NC(=O)C(N)CC(=O)O)C(=O)NC(Cc1cnc[nH]1)C(=O)O. The zero-order valence-corrected chi connectivity index (χ0v) is 21.2. The lowest BCUT2D eigenvalue weighted by atomic mass is 10.00. The van der Waals surface area contributed by atoms with Crippen LogP contribution in [0.4, 0.5) is 0 Å². The number of carboxylic acids is 2. The van der Waals surface area contributed by atoms with Crippen LogP contribution in [0, 0.1) is 5.92 Å². The van der Waals surface area contributed by atoms with E-state index in [1.165, 1.54) is 12.5 Å². The van der Waals surface area contributed by atoms with Crippen molar-refractivity contribution in [3.63, 3.8) is 0 Å². The normalized spacial score (nSPS) is 14.1. The first-order chi connectivity index (χ1) is 18.0. The molecule has 13 nitrogen and oxygen atoms in total. The topological polar surface area (TPSA) is 217 Å². The van der Waals surface area contributed by atoms with Gasteiger partial charge in [-0.2, -0.15) is 0 Å². The fourth-order valence-electron chi connectivity index (χ4n) is 3.68. The van der Waals surface area contributed by atoms with E-state index in [1.807, 2.05) is 13.8 Å². The Morgan fingerprint density at radius 2 is 1.50 bits per heavy atom. The molecule has 8 N–H and O–H groups in total. The highest BCUT2D eigenvalue weighted by Crippen LogP contribution is 2.09. The van der Waals surface area contributed by atoms with Crippen LogP contribution in [-0.4, -0.2) is 74.0 Å². The van der Waals surface area contributed by atoms with E-state index in [-0.39, 0.29) is 25.2 Å². The van der Waals surface area contributed by atoms with E-state index in [0.29, 0.717) is 11.3 Å². The molecule has 4 unspecified atom stereocenters. The number of rotatable bonds is 15. The third-order valence-corrected chi connectivity index (χ3v) is 5.58. The van der Waals surface area contributed by atoms with Gasteiger partial charge in [0.1, 0.15) is 18.1 Å². The van der Waals surface area contributed by atoms with Gasteiger partial charge in [-0.3, -0.25) is 19.2 Å². The monoisotopic (exact) mass is 530 g/mol. The lowest BCUT2D eigenvalue weighted by molar-refractivity contribution is -0.142. The number of nitrogens with one attached hydrogen (secondary N) is 4. The predicted molar refractivity (Wildman–Crippen MR) is 136 cm³/mol. The van der Waals surface area contributed by atoms with Crippen molar-refractivity contribution in [3.8, 4) is 0 Å². The molecule has 2 aromatic rings. The first-order valence-corrected chi connectivity index (χ1v) is 12.1. The number of carbonyl (C=O) groups excluding carboxylic acids is 3. The van der Waals surface area contributed by atoms with E-state index < -0.39 is 60.2 Å².